The van der Waals surface area contributed by atoms with Gasteiger partial charge in [-0.25, -0.2) is 9.59 Å². The average molecular weight is 325 g/mol. The van der Waals surface area contributed by atoms with Crippen molar-refractivity contribution in [2.75, 3.05) is 11.9 Å². The predicted octanol–water partition coefficient (Wildman–Crippen LogP) is 0.452. The van der Waals surface area contributed by atoms with Crippen LogP contribution in [0.1, 0.15) is 17.0 Å². The quantitative estimate of drug-likeness (QED) is 0.770. The molecule has 1 atom stereocenters. The van der Waals surface area contributed by atoms with Gasteiger partial charge in [-0.2, -0.15) is 0 Å². The molecule has 1 N–H and O–H groups in total. The zero-order chi connectivity index (χ0) is 17.0. The van der Waals surface area contributed by atoms with Crippen LogP contribution in [-0.2, 0) is 23.6 Å². The van der Waals surface area contributed by atoms with Crippen molar-refractivity contribution < 1.29 is 9.53 Å². The van der Waals surface area contributed by atoms with Crippen LogP contribution in [0.25, 0.3) is 0 Å². The lowest BCUT2D eigenvalue weighted by Crippen LogP contribution is -2.43. The standard InChI is InChI=1S/C17H15N3O4/c1-19-14-13(15(21)20(2)17(19)23)11(9-6-4-3-5-7-9)12-10(18-14)8-24-16(12)22/h3-7,11,18H,8H2,1-2H3/t11-/m1/s1. The van der Waals surface area contributed by atoms with Crippen molar-refractivity contribution >= 4 is 11.8 Å². The number of carbonyl (C=O) groups is 1. The highest BCUT2D eigenvalue weighted by molar-refractivity contribution is 5.96. The molecule has 2 aliphatic rings. The third kappa shape index (κ3) is 1.81. The van der Waals surface area contributed by atoms with E-state index in [-0.39, 0.29) is 6.61 Å². The summed E-state index contributed by atoms with van der Waals surface area (Å²) in [6.45, 7) is 0.111. The van der Waals surface area contributed by atoms with Crippen molar-refractivity contribution in [3.05, 3.63) is 73.6 Å². The Kier molecular flexibility index (Phi) is 2.99. The van der Waals surface area contributed by atoms with Gasteiger partial charge >= 0.3 is 11.7 Å². The van der Waals surface area contributed by atoms with E-state index in [0.717, 1.165) is 10.1 Å². The molecule has 122 valence electrons. The fourth-order valence-corrected chi connectivity index (χ4v) is 3.36. The molecule has 1 aromatic heterocycles. The summed E-state index contributed by atoms with van der Waals surface area (Å²) in [5.74, 6) is -0.583. The lowest BCUT2D eigenvalue weighted by Gasteiger charge is -2.28. The van der Waals surface area contributed by atoms with E-state index < -0.39 is 23.1 Å². The smallest absolute Gasteiger partial charge is 0.337 e. The lowest BCUT2D eigenvalue weighted by atomic mass is 9.83. The minimum Gasteiger partial charge on any atom is -0.456 e. The molecule has 0 radical (unpaired) electrons. The van der Waals surface area contributed by atoms with Crippen molar-refractivity contribution in [2.45, 2.75) is 5.92 Å². The van der Waals surface area contributed by atoms with Gasteiger partial charge in [-0.15, -0.1) is 0 Å². The van der Waals surface area contributed by atoms with Gasteiger partial charge in [0.1, 0.15) is 12.4 Å². The highest BCUT2D eigenvalue weighted by Gasteiger charge is 2.41. The SMILES string of the molecule is Cn1c2c(c(=O)n(C)c1=O)[C@H](c1ccccc1)C1=C(COC1=O)N2. The Morgan fingerprint density at radius 2 is 1.79 bits per heavy atom. The summed E-state index contributed by atoms with van der Waals surface area (Å²) in [4.78, 5) is 37.3. The summed E-state index contributed by atoms with van der Waals surface area (Å²) in [5, 5.41) is 3.05. The molecule has 7 nitrogen and oxygen atoms in total. The third-order valence-electron chi connectivity index (χ3n) is 4.57. The molecule has 0 amide bonds. The molecule has 2 aliphatic heterocycles. The second kappa shape index (κ2) is 4.95. The maximum absolute atomic E-state index is 12.8. The van der Waals surface area contributed by atoms with Gasteiger partial charge in [0.15, 0.2) is 0 Å². The molecular weight excluding hydrogens is 310 g/mol. The van der Waals surface area contributed by atoms with Crippen molar-refractivity contribution in [1.29, 1.82) is 0 Å². The summed E-state index contributed by atoms with van der Waals surface area (Å²) in [5.41, 5.74) is 1.38. The molecule has 0 spiro atoms. The predicted molar refractivity (Wildman–Crippen MR) is 86.8 cm³/mol. The number of benzene rings is 1. The van der Waals surface area contributed by atoms with Crippen LogP contribution in [0.5, 0.6) is 0 Å². The van der Waals surface area contributed by atoms with Crippen LogP contribution in [0.4, 0.5) is 5.82 Å². The monoisotopic (exact) mass is 325 g/mol. The highest BCUT2D eigenvalue weighted by atomic mass is 16.5. The molecule has 0 bridgehead atoms. The molecule has 2 aromatic rings. The van der Waals surface area contributed by atoms with Crippen molar-refractivity contribution in [1.82, 2.24) is 9.13 Å². The number of esters is 1. The zero-order valence-corrected chi connectivity index (χ0v) is 13.2. The molecule has 0 aliphatic carbocycles. The Labute approximate surface area is 136 Å². The lowest BCUT2D eigenvalue weighted by molar-refractivity contribution is -0.136. The van der Waals surface area contributed by atoms with Gasteiger partial charge in [-0.05, 0) is 5.56 Å². The van der Waals surface area contributed by atoms with Crippen molar-refractivity contribution in [3.63, 3.8) is 0 Å². The van der Waals surface area contributed by atoms with Gasteiger partial charge in [0.05, 0.1) is 22.8 Å². The highest BCUT2D eigenvalue weighted by Crippen LogP contribution is 2.41. The third-order valence-corrected chi connectivity index (χ3v) is 4.57. The Hall–Kier alpha value is -3.09. The van der Waals surface area contributed by atoms with Crippen LogP contribution in [0, 0.1) is 0 Å². The first-order chi connectivity index (χ1) is 11.5. The van der Waals surface area contributed by atoms with E-state index in [0.29, 0.717) is 22.7 Å². The minimum absolute atomic E-state index is 0.111. The number of anilines is 1. The summed E-state index contributed by atoms with van der Waals surface area (Å²) in [6.07, 6.45) is 0. The van der Waals surface area contributed by atoms with E-state index >= 15 is 0 Å². The number of aromatic nitrogens is 2. The second-order valence-electron chi connectivity index (χ2n) is 5.91. The summed E-state index contributed by atoms with van der Waals surface area (Å²) in [7, 11) is 3.03. The van der Waals surface area contributed by atoms with Gasteiger partial charge < -0.3 is 10.1 Å². The molecule has 1 aromatic carbocycles. The molecule has 7 heteroatoms. The number of hydrogen-bond acceptors (Lipinski definition) is 5. The summed E-state index contributed by atoms with van der Waals surface area (Å²) < 4.78 is 7.60. The molecule has 4 rings (SSSR count). The van der Waals surface area contributed by atoms with Crippen molar-refractivity contribution in [3.8, 4) is 0 Å². The molecule has 0 saturated carbocycles. The maximum Gasteiger partial charge on any atom is 0.337 e. The molecule has 3 heterocycles. The fraction of sp³-hybridized carbons (Fsp3) is 0.235. The first-order valence-corrected chi connectivity index (χ1v) is 7.52. The van der Waals surface area contributed by atoms with Gasteiger partial charge in [-0.3, -0.25) is 13.9 Å². The van der Waals surface area contributed by atoms with E-state index in [2.05, 4.69) is 5.32 Å². The number of carbonyl (C=O) groups excluding carboxylic acids is 1. The number of hydrogen-bond donors (Lipinski definition) is 1. The molecular formula is C17H15N3O4. The van der Waals surface area contributed by atoms with Gasteiger partial charge in [0.25, 0.3) is 5.56 Å². The van der Waals surface area contributed by atoms with Crippen LogP contribution < -0.4 is 16.6 Å². The Balaban J connectivity index is 2.10. The number of rotatable bonds is 1. The van der Waals surface area contributed by atoms with Gasteiger partial charge in [0, 0.05) is 14.1 Å². The Morgan fingerprint density at radius 1 is 1.08 bits per heavy atom. The normalized spacial score (nSPS) is 18.8. The number of cyclic esters (lactones) is 1. The topological polar surface area (TPSA) is 82.3 Å². The molecule has 0 saturated heterocycles. The van der Waals surface area contributed by atoms with Crippen LogP contribution >= 0.6 is 0 Å². The number of fused-ring (bicyclic) bond motifs is 1. The minimum atomic E-state index is -0.557. The van der Waals surface area contributed by atoms with E-state index in [1.54, 1.807) is 7.05 Å². The van der Waals surface area contributed by atoms with E-state index in [4.69, 9.17) is 4.74 Å². The summed E-state index contributed by atoms with van der Waals surface area (Å²) in [6, 6.07) is 9.29. The van der Waals surface area contributed by atoms with E-state index in [1.165, 1.54) is 11.6 Å². The maximum atomic E-state index is 12.8. The largest absolute Gasteiger partial charge is 0.456 e. The number of nitrogens with one attached hydrogen (secondary N) is 1. The zero-order valence-electron chi connectivity index (χ0n) is 13.2. The Morgan fingerprint density at radius 3 is 2.50 bits per heavy atom. The van der Waals surface area contributed by atoms with Crippen LogP contribution in [0.15, 0.2) is 51.2 Å². The van der Waals surface area contributed by atoms with Crippen LogP contribution in [0.2, 0.25) is 0 Å². The fourth-order valence-electron chi connectivity index (χ4n) is 3.36. The van der Waals surface area contributed by atoms with E-state index in [1.807, 2.05) is 30.3 Å². The van der Waals surface area contributed by atoms with E-state index in [9.17, 15) is 14.4 Å². The molecule has 24 heavy (non-hydrogen) atoms. The number of ether oxygens (including phenoxy) is 1. The Bertz CT molecular complexity index is 1010. The van der Waals surface area contributed by atoms with Gasteiger partial charge in [-0.1, -0.05) is 30.3 Å². The second-order valence-corrected chi connectivity index (χ2v) is 5.91. The van der Waals surface area contributed by atoms with Crippen LogP contribution in [-0.4, -0.2) is 21.7 Å². The molecule has 0 fully saturated rings. The van der Waals surface area contributed by atoms with Gasteiger partial charge in [0.2, 0.25) is 0 Å². The van der Waals surface area contributed by atoms with Crippen molar-refractivity contribution in [2.24, 2.45) is 14.1 Å². The summed E-state index contributed by atoms with van der Waals surface area (Å²) >= 11 is 0. The molecule has 0 unspecified atom stereocenters. The average Bonchev–Trinajstić information content (AvgIpc) is 2.98. The first-order valence-electron chi connectivity index (χ1n) is 7.52. The first kappa shape index (κ1) is 14.5. The number of nitrogens with zero attached hydrogens (tertiary/aromatic N) is 2. The van der Waals surface area contributed by atoms with Crippen LogP contribution in [0.3, 0.4) is 0 Å².